The van der Waals surface area contributed by atoms with Gasteiger partial charge in [0.1, 0.15) is 5.75 Å². The van der Waals surface area contributed by atoms with Gasteiger partial charge in [0.2, 0.25) is 0 Å². The van der Waals surface area contributed by atoms with E-state index >= 15 is 0 Å². The van der Waals surface area contributed by atoms with Gasteiger partial charge >= 0.3 is 12.0 Å². The molecule has 0 bridgehead atoms. The molecule has 0 atom stereocenters. The van der Waals surface area contributed by atoms with Crippen molar-refractivity contribution in [2.45, 2.75) is 13.5 Å². The summed E-state index contributed by atoms with van der Waals surface area (Å²) in [6, 6.07) is 15.9. The molecule has 5 nitrogen and oxygen atoms in total. The molecule has 2 N–H and O–H groups in total. The summed E-state index contributed by atoms with van der Waals surface area (Å²) in [5.41, 5.74) is 1.57. The molecule has 0 saturated heterocycles. The molecule has 0 aromatic heterocycles. The third kappa shape index (κ3) is 4.99. The van der Waals surface area contributed by atoms with Gasteiger partial charge in [0, 0.05) is 25.2 Å². The van der Waals surface area contributed by atoms with Crippen LogP contribution in [0.25, 0.3) is 0 Å². The van der Waals surface area contributed by atoms with Crippen molar-refractivity contribution in [1.82, 2.24) is 5.32 Å². The summed E-state index contributed by atoms with van der Waals surface area (Å²) in [4.78, 5) is 22.7. The monoisotopic (exact) mass is 284 g/mol. The van der Waals surface area contributed by atoms with E-state index in [1.54, 1.807) is 24.3 Å². The molecule has 0 spiro atoms. The molecule has 0 fully saturated rings. The molecule has 21 heavy (non-hydrogen) atoms. The summed E-state index contributed by atoms with van der Waals surface area (Å²) in [5.74, 6) is -0.0101. The molecule has 2 aromatic carbocycles. The number of carbonyl (C=O) groups is 2. The lowest BCUT2D eigenvalue weighted by molar-refractivity contribution is -0.131. The quantitative estimate of drug-likeness (QED) is 0.670. The van der Waals surface area contributed by atoms with Gasteiger partial charge in [-0.25, -0.2) is 4.79 Å². The van der Waals surface area contributed by atoms with E-state index in [1.807, 2.05) is 30.3 Å². The smallest absolute Gasteiger partial charge is 0.319 e. The van der Waals surface area contributed by atoms with Gasteiger partial charge in [-0.3, -0.25) is 4.79 Å². The number of anilines is 1. The van der Waals surface area contributed by atoms with Crippen molar-refractivity contribution >= 4 is 17.7 Å². The fourth-order valence-electron chi connectivity index (χ4n) is 1.76. The maximum atomic E-state index is 11.8. The first-order valence-corrected chi connectivity index (χ1v) is 6.51. The van der Waals surface area contributed by atoms with Crippen LogP contribution in [-0.4, -0.2) is 12.0 Å². The summed E-state index contributed by atoms with van der Waals surface area (Å²) < 4.78 is 4.96. The molecule has 0 radical (unpaired) electrons. The van der Waals surface area contributed by atoms with E-state index in [2.05, 4.69) is 10.6 Å². The number of esters is 1. The summed E-state index contributed by atoms with van der Waals surface area (Å²) in [7, 11) is 0. The van der Waals surface area contributed by atoms with Crippen LogP contribution in [0.3, 0.4) is 0 Å². The zero-order valence-electron chi connectivity index (χ0n) is 11.6. The number of nitrogens with one attached hydrogen (secondary N) is 2. The highest BCUT2D eigenvalue weighted by Crippen LogP contribution is 2.17. The Balaban J connectivity index is 1.89. The predicted octanol–water partition coefficient (Wildman–Crippen LogP) is 2.93. The number of ether oxygens (including phenoxy) is 1. The average Bonchev–Trinajstić information content (AvgIpc) is 2.46. The fraction of sp³-hybridized carbons (Fsp3) is 0.125. The van der Waals surface area contributed by atoms with Crippen molar-refractivity contribution < 1.29 is 14.3 Å². The molecule has 108 valence electrons. The lowest BCUT2D eigenvalue weighted by Crippen LogP contribution is -2.28. The summed E-state index contributed by atoms with van der Waals surface area (Å²) in [5, 5.41) is 5.43. The van der Waals surface area contributed by atoms with E-state index in [9.17, 15) is 9.59 Å². The molecule has 0 heterocycles. The highest BCUT2D eigenvalue weighted by Gasteiger charge is 2.04. The minimum absolute atomic E-state index is 0.321. The van der Waals surface area contributed by atoms with Crippen molar-refractivity contribution in [2.24, 2.45) is 0 Å². The van der Waals surface area contributed by atoms with E-state index in [0.29, 0.717) is 18.0 Å². The second-order valence-corrected chi connectivity index (χ2v) is 4.41. The Bertz CT molecular complexity index is 626. The highest BCUT2D eigenvalue weighted by molar-refractivity contribution is 5.89. The lowest BCUT2D eigenvalue weighted by Gasteiger charge is -2.09. The molecule has 2 rings (SSSR count). The van der Waals surface area contributed by atoms with Crippen molar-refractivity contribution in [3.05, 3.63) is 60.2 Å². The Morgan fingerprint density at radius 3 is 2.52 bits per heavy atom. The molecule has 5 heteroatoms. The second-order valence-electron chi connectivity index (χ2n) is 4.41. The van der Waals surface area contributed by atoms with Crippen LogP contribution in [-0.2, 0) is 11.3 Å². The minimum Gasteiger partial charge on any atom is -0.427 e. The van der Waals surface area contributed by atoms with Crippen molar-refractivity contribution in [1.29, 1.82) is 0 Å². The second kappa shape index (κ2) is 7.09. The number of amides is 2. The molecular weight excluding hydrogens is 268 g/mol. The van der Waals surface area contributed by atoms with Crippen LogP contribution in [0.4, 0.5) is 10.5 Å². The zero-order valence-corrected chi connectivity index (χ0v) is 11.6. The van der Waals surface area contributed by atoms with Gasteiger partial charge in [0.25, 0.3) is 0 Å². The van der Waals surface area contributed by atoms with Crippen LogP contribution >= 0.6 is 0 Å². The first kappa shape index (κ1) is 14.6. The van der Waals surface area contributed by atoms with Crippen LogP contribution in [0.5, 0.6) is 5.75 Å². The van der Waals surface area contributed by atoms with E-state index in [-0.39, 0.29) is 6.03 Å². The van der Waals surface area contributed by atoms with Gasteiger partial charge < -0.3 is 15.4 Å². The van der Waals surface area contributed by atoms with Crippen molar-refractivity contribution in [3.63, 3.8) is 0 Å². The first-order chi connectivity index (χ1) is 10.1. The van der Waals surface area contributed by atoms with Crippen LogP contribution < -0.4 is 15.4 Å². The molecule has 2 amide bonds. The van der Waals surface area contributed by atoms with Gasteiger partial charge in [-0.2, -0.15) is 0 Å². The first-order valence-electron chi connectivity index (χ1n) is 6.51. The van der Waals surface area contributed by atoms with Crippen LogP contribution in [0.2, 0.25) is 0 Å². The van der Waals surface area contributed by atoms with Gasteiger partial charge in [-0.05, 0) is 17.7 Å². The number of rotatable bonds is 4. The average molecular weight is 284 g/mol. The number of hydrogen-bond donors (Lipinski definition) is 2. The number of hydrogen-bond acceptors (Lipinski definition) is 3. The maximum Gasteiger partial charge on any atom is 0.319 e. The zero-order chi connectivity index (χ0) is 15.1. The lowest BCUT2D eigenvalue weighted by atomic mass is 10.2. The summed E-state index contributed by atoms with van der Waals surface area (Å²) >= 11 is 0. The minimum atomic E-state index is -0.402. The fourth-order valence-corrected chi connectivity index (χ4v) is 1.76. The van der Waals surface area contributed by atoms with E-state index in [4.69, 9.17) is 4.74 Å². The number of benzene rings is 2. The van der Waals surface area contributed by atoms with Gasteiger partial charge in [-0.15, -0.1) is 0 Å². The van der Waals surface area contributed by atoms with Crippen molar-refractivity contribution in [3.8, 4) is 5.75 Å². The molecule has 2 aromatic rings. The SMILES string of the molecule is CC(=O)Oc1cccc(NC(=O)NCc2ccccc2)c1. The van der Waals surface area contributed by atoms with Crippen LogP contribution in [0.1, 0.15) is 12.5 Å². The van der Waals surface area contributed by atoms with Gasteiger partial charge in [0.15, 0.2) is 0 Å². The van der Waals surface area contributed by atoms with Gasteiger partial charge in [-0.1, -0.05) is 36.4 Å². The maximum absolute atomic E-state index is 11.8. The molecule has 0 saturated carbocycles. The number of carbonyl (C=O) groups excluding carboxylic acids is 2. The third-order valence-corrected chi connectivity index (χ3v) is 2.65. The Kier molecular flexibility index (Phi) is 4.93. The predicted molar refractivity (Wildman–Crippen MR) is 80.1 cm³/mol. The van der Waals surface area contributed by atoms with E-state index < -0.39 is 5.97 Å². The summed E-state index contributed by atoms with van der Waals surface area (Å²) in [6.07, 6.45) is 0. The Morgan fingerprint density at radius 2 is 1.81 bits per heavy atom. The molecule has 0 aliphatic heterocycles. The Morgan fingerprint density at radius 1 is 1.05 bits per heavy atom. The standard InChI is InChI=1S/C16H16N2O3/c1-12(19)21-15-9-5-8-14(10-15)18-16(20)17-11-13-6-3-2-4-7-13/h2-10H,11H2,1H3,(H2,17,18,20). The Labute approximate surface area is 122 Å². The molecule has 0 unspecified atom stereocenters. The normalized spacial score (nSPS) is 9.76. The molecule has 0 aliphatic carbocycles. The molecule has 0 aliphatic rings. The number of urea groups is 1. The summed E-state index contributed by atoms with van der Waals surface area (Å²) in [6.45, 7) is 1.77. The topological polar surface area (TPSA) is 67.4 Å². The molecular formula is C16H16N2O3. The van der Waals surface area contributed by atoms with Crippen molar-refractivity contribution in [2.75, 3.05) is 5.32 Å². The Hall–Kier alpha value is -2.82. The largest absolute Gasteiger partial charge is 0.427 e. The van der Waals surface area contributed by atoms with E-state index in [1.165, 1.54) is 6.92 Å². The van der Waals surface area contributed by atoms with Crippen LogP contribution in [0.15, 0.2) is 54.6 Å². The third-order valence-electron chi connectivity index (χ3n) is 2.65. The van der Waals surface area contributed by atoms with E-state index in [0.717, 1.165) is 5.56 Å². The van der Waals surface area contributed by atoms with Crippen LogP contribution in [0, 0.1) is 0 Å². The highest BCUT2D eigenvalue weighted by atomic mass is 16.5. The van der Waals surface area contributed by atoms with Gasteiger partial charge in [0.05, 0.1) is 0 Å².